The molecule has 0 aliphatic heterocycles. The number of nitrogens with two attached hydrogens (primary N) is 1. The van der Waals surface area contributed by atoms with E-state index in [0.29, 0.717) is 18.4 Å². The van der Waals surface area contributed by atoms with Gasteiger partial charge in [0, 0.05) is 6.04 Å². The zero-order valence-electron chi connectivity index (χ0n) is 11.9. The Balaban J connectivity index is 2.33. The molecule has 2 atom stereocenters. The second kappa shape index (κ2) is 5.71. The lowest BCUT2D eigenvalue weighted by molar-refractivity contribution is 0.101. The van der Waals surface area contributed by atoms with E-state index in [1.54, 1.807) is 26.0 Å². The number of anilines is 1. The molecule has 1 aromatic carbocycles. The van der Waals surface area contributed by atoms with Gasteiger partial charge in [0.05, 0.1) is 11.8 Å². The molecule has 0 saturated heterocycles. The topological polar surface area (TPSA) is 92.4 Å². The fourth-order valence-electron chi connectivity index (χ4n) is 2.67. The quantitative estimate of drug-likeness (QED) is 0.737. The van der Waals surface area contributed by atoms with Crippen LogP contribution in [0.3, 0.4) is 0 Å². The summed E-state index contributed by atoms with van der Waals surface area (Å²) in [5, 5.41) is 9.91. The van der Waals surface area contributed by atoms with Crippen molar-refractivity contribution in [2.45, 2.75) is 56.6 Å². The number of nitrogen functional groups attached to an aromatic ring is 1. The van der Waals surface area contributed by atoms with Crippen LogP contribution in [0.25, 0.3) is 0 Å². The lowest BCUT2D eigenvalue weighted by Crippen LogP contribution is -2.45. The maximum Gasteiger partial charge on any atom is 0.243 e. The Morgan fingerprint density at radius 3 is 2.45 bits per heavy atom. The van der Waals surface area contributed by atoms with E-state index in [2.05, 4.69) is 4.72 Å². The molecule has 20 heavy (non-hydrogen) atoms. The molecule has 1 aliphatic rings. The molecule has 6 heteroatoms. The second-order valence-electron chi connectivity index (χ2n) is 5.52. The van der Waals surface area contributed by atoms with Crippen molar-refractivity contribution in [1.82, 2.24) is 4.72 Å². The van der Waals surface area contributed by atoms with Crippen LogP contribution in [0, 0.1) is 13.8 Å². The maximum atomic E-state index is 12.5. The number of benzene rings is 1. The normalized spacial score (nSPS) is 23.8. The highest BCUT2D eigenvalue weighted by Crippen LogP contribution is 2.27. The number of rotatable bonds is 3. The number of aryl methyl sites for hydroxylation is 2. The minimum Gasteiger partial charge on any atom is -0.397 e. The number of nitrogens with one attached hydrogen (secondary N) is 1. The van der Waals surface area contributed by atoms with Crippen LogP contribution in [-0.4, -0.2) is 25.7 Å². The molecular formula is C14H22N2O3S. The lowest BCUT2D eigenvalue weighted by Gasteiger charge is -2.28. The summed E-state index contributed by atoms with van der Waals surface area (Å²) in [4.78, 5) is 0.135. The molecular weight excluding hydrogens is 276 g/mol. The molecule has 0 heterocycles. The van der Waals surface area contributed by atoms with Crippen molar-refractivity contribution in [3.05, 3.63) is 23.3 Å². The number of hydrogen-bond donors (Lipinski definition) is 3. The Morgan fingerprint density at radius 1 is 1.20 bits per heavy atom. The van der Waals surface area contributed by atoms with Crippen molar-refractivity contribution in [3.8, 4) is 0 Å². The van der Waals surface area contributed by atoms with Crippen LogP contribution < -0.4 is 10.5 Å². The van der Waals surface area contributed by atoms with Gasteiger partial charge in [-0.25, -0.2) is 13.1 Å². The fourth-order valence-corrected chi connectivity index (χ4v) is 4.40. The summed E-state index contributed by atoms with van der Waals surface area (Å²) in [6.45, 7) is 3.50. The van der Waals surface area contributed by atoms with Gasteiger partial charge < -0.3 is 10.8 Å². The number of aliphatic hydroxyl groups excluding tert-OH is 1. The summed E-state index contributed by atoms with van der Waals surface area (Å²) >= 11 is 0. The van der Waals surface area contributed by atoms with Gasteiger partial charge in [0.25, 0.3) is 0 Å². The van der Waals surface area contributed by atoms with Gasteiger partial charge in [0.15, 0.2) is 0 Å². The molecule has 4 N–H and O–H groups in total. The average Bonchev–Trinajstić information content (AvgIpc) is 2.37. The molecule has 1 aliphatic carbocycles. The maximum absolute atomic E-state index is 12.5. The standard InChI is InChI=1S/C14H22N2O3S/c1-9-7-8-10(2)14(13(9)15)20(18,19)16-11-5-3-4-6-12(11)17/h7-8,11-12,16-17H,3-6,15H2,1-2H3. The molecule has 2 unspecified atom stereocenters. The van der Waals surface area contributed by atoms with Gasteiger partial charge in [-0.05, 0) is 37.8 Å². The Labute approximate surface area is 120 Å². The van der Waals surface area contributed by atoms with E-state index in [-0.39, 0.29) is 10.6 Å². The van der Waals surface area contributed by atoms with E-state index in [0.717, 1.165) is 18.4 Å². The average molecular weight is 298 g/mol. The molecule has 1 fully saturated rings. The zero-order chi connectivity index (χ0) is 14.9. The molecule has 0 radical (unpaired) electrons. The Kier molecular flexibility index (Phi) is 4.36. The van der Waals surface area contributed by atoms with Gasteiger partial charge in [-0.2, -0.15) is 0 Å². The lowest BCUT2D eigenvalue weighted by atomic mass is 9.93. The molecule has 2 rings (SSSR count). The first-order valence-electron chi connectivity index (χ1n) is 6.89. The Morgan fingerprint density at radius 2 is 1.80 bits per heavy atom. The van der Waals surface area contributed by atoms with Crippen molar-refractivity contribution in [2.24, 2.45) is 0 Å². The highest BCUT2D eigenvalue weighted by molar-refractivity contribution is 7.89. The van der Waals surface area contributed by atoms with Crippen LogP contribution >= 0.6 is 0 Å². The van der Waals surface area contributed by atoms with Crippen LogP contribution in [0.15, 0.2) is 17.0 Å². The predicted molar refractivity (Wildman–Crippen MR) is 78.9 cm³/mol. The summed E-state index contributed by atoms with van der Waals surface area (Å²) in [5.41, 5.74) is 7.56. The molecule has 5 nitrogen and oxygen atoms in total. The molecule has 0 spiro atoms. The highest BCUT2D eigenvalue weighted by atomic mass is 32.2. The third kappa shape index (κ3) is 2.97. The third-order valence-corrected chi connectivity index (χ3v) is 5.61. The first kappa shape index (κ1) is 15.3. The number of hydrogen-bond acceptors (Lipinski definition) is 4. The molecule has 112 valence electrons. The van der Waals surface area contributed by atoms with E-state index in [1.807, 2.05) is 0 Å². The summed E-state index contributed by atoms with van der Waals surface area (Å²) < 4.78 is 27.7. The molecule has 1 aromatic rings. The first-order valence-corrected chi connectivity index (χ1v) is 8.37. The van der Waals surface area contributed by atoms with Gasteiger partial charge in [0.1, 0.15) is 4.90 Å². The second-order valence-corrected chi connectivity index (χ2v) is 7.17. The summed E-state index contributed by atoms with van der Waals surface area (Å²) in [7, 11) is -3.71. The molecule has 0 amide bonds. The highest BCUT2D eigenvalue weighted by Gasteiger charge is 2.30. The summed E-state index contributed by atoms with van der Waals surface area (Å²) in [6, 6.07) is 3.13. The van der Waals surface area contributed by atoms with Crippen molar-refractivity contribution in [2.75, 3.05) is 5.73 Å². The largest absolute Gasteiger partial charge is 0.397 e. The van der Waals surface area contributed by atoms with Crippen LogP contribution in [-0.2, 0) is 10.0 Å². The number of sulfonamides is 1. The smallest absolute Gasteiger partial charge is 0.243 e. The van der Waals surface area contributed by atoms with Crippen molar-refractivity contribution in [1.29, 1.82) is 0 Å². The van der Waals surface area contributed by atoms with Crippen LogP contribution in [0.4, 0.5) is 5.69 Å². The van der Waals surface area contributed by atoms with Crippen molar-refractivity contribution >= 4 is 15.7 Å². The van der Waals surface area contributed by atoms with Crippen molar-refractivity contribution in [3.63, 3.8) is 0 Å². The van der Waals surface area contributed by atoms with Gasteiger partial charge in [-0.3, -0.25) is 0 Å². The van der Waals surface area contributed by atoms with E-state index in [9.17, 15) is 13.5 Å². The predicted octanol–water partition coefficient (Wildman–Crippen LogP) is 1.47. The first-order chi connectivity index (χ1) is 9.33. The monoisotopic (exact) mass is 298 g/mol. The Bertz CT molecular complexity index is 599. The van der Waals surface area contributed by atoms with Gasteiger partial charge >= 0.3 is 0 Å². The van der Waals surface area contributed by atoms with Gasteiger partial charge in [-0.1, -0.05) is 25.0 Å². The number of aliphatic hydroxyl groups is 1. The zero-order valence-corrected chi connectivity index (χ0v) is 12.7. The van der Waals surface area contributed by atoms with E-state index < -0.39 is 22.2 Å². The minimum atomic E-state index is -3.71. The van der Waals surface area contributed by atoms with Crippen molar-refractivity contribution < 1.29 is 13.5 Å². The minimum absolute atomic E-state index is 0.135. The fraction of sp³-hybridized carbons (Fsp3) is 0.571. The summed E-state index contributed by atoms with van der Waals surface area (Å²) in [6.07, 6.45) is 2.53. The van der Waals surface area contributed by atoms with Crippen LogP contribution in [0.5, 0.6) is 0 Å². The van der Waals surface area contributed by atoms with E-state index >= 15 is 0 Å². The van der Waals surface area contributed by atoms with E-state index in [1.165, 1.54) is 0 Å². The SMILES string of the molecule is Cc1ccc(C)c(S(=O)(=O)NC2CCCCC2O)c1N. The Hall–Kier alpha value is -1.11. The van der Waals surface area contributed by atoms with Gasteiger partial charge in [-0.15, -0.1) is 0 Å². The van der Waals surface area contributed by atoms with Crippen LogP contribution in [0.2, 0.25) is 0 Å². The molecule has 1 saturated carbocycles. The van der Waals surface area contributed by atoms with Crippen LogP contribution in [0.1, 0.15) is 36.8 Å². The summed E-state index contributed by atoms with van der Waals surface area (Å²) in [5.74, 6) is 0. The molecule has 0 bridgehead atoms. The third-order valence-electron chi connectivity index (χ3n) is 3.92. The van der Waals surface area contributed by atoms with E-state index in [4.69, 9.17) is 5.73 Å². The molecule has 0 aromatic heterocycles. The van der Waals surface area contributed by atoms with Gasteiger partial charge in [0.2, 0.25) is 10.0 Å².